The number of benzene rings is 1. The topological polar surface area (TPSA) is 12.0 Å². The molecule has 0 aliphatic heterocycles. The second-order valence-corrected chi connectivity index (χ2v) is 7.20. The van der Waals surface area contributed by atoms with E-state index in [4.69, 9.17) is 0 Å². The summed E-state index contributed by atoms with van der Waals surface area (Å²) in [6.45, 7) is 0.806. The van der Waals surface area contributed by atoms with Crippen LogP contribution in [-0.2, 0) is 6.54 Å². The summed E-state index contributed by atoms with van der Waals surface area (Å²) in [5, 5.41) is 4.15. The van der Waals surface area contributed by atoms with E-state index in [1.807, 2.05) is 11.8 Å². The highest BCUT2D eigenvalue weighted by molar-refractivity contribution is 8.00. The number of rotatable bonds is 5. The molecule has 3 heteroatoms. The van der Waals surface area contributed by atoms with E-state index in [2.05, 4.69) is 11.4 Å². The fraction of sp³-hybridized carbons (Fsp3) is 0.625. The smallest absolute Gasteiger partial charge is 0.124 e. The van der Waals surface area contributed by atoms with E-state index >= 15 is 0 Å². The average Bonchev–Trinajstić information content (AvgIpc) is 3.21. The molecule has 0 unspecified atom stereocenters. The van der Waals surface area contributed by atoms with E-state index < -0.39 is 0 Å². The molecule has 0 aromatic heterocycles. The summed E-state index contributed by atoms with van der Waals surface area (Å²) in [6.07, 6.45) is 9.18. The summed E-state index contributed by atoms with van der Waals surface area (Å²) in [5.74, 6) is -0.0894. The number of hydrogen-bond donors (Lipinski definition) is 1. The van der Waals surface area contributed by atoms with Gasteiger partial charge in [0, 0.05) is 22.7 Å². The van der Waals surface area contributed by atoms with Crippen LogP contribution >= 0.6 is 11.8 Å². The van der Waals surface area contributed by atoms with Crippen molar-refractivity contribution < 1.29 is 4.39 Å². The summed E-state index contributed by atoms with van der Waals surface area (Å²) >= 11 is 1.87. The normalized spacial score (nSPS) is 20.7. The third-order valence-electron chi connectivity index (χ3n) is 3.96. The van der Waals surface area contributed by atoms with Crippen LogP contribution in [0.25, 0.3) is 0 Å². The summed E-state index contributed by atoms with van der Waals surface area (Å²) in [4.78, 5) is 1.11. The second kappa shape index (κ2) is 6.27. The summed E-state index contributed by atoms with van der Waals surface area (Å²) in [6, 6.07) is 6.20. The highest BCUT2D eigenvalue weighted by Gasteiger charge is 2.20. The molecule has 1 aromatic rings. The first-order chi connectivity index (χ1) is 9.29. The van der Waals surface area contributed by atoms with Gasteiger partial charge in [-0.15, -0.1) is 11.8 Å². The van der Waals surface area contributed by atoms with Crippen molar-refractivity contribution in [1.82, 2.24) is 5.32 Å². The van der Waals surface area contributed by atoms with Gasteiger partial charge in [0.2, 0.25) is 0 Å². The van der Waals surface area contributed by atoms with Crippen molar-refractivity contribution in [2.75, 3.05) is 0 Å². The van der Waals surface area contributed by atoms with Crippen LogP contribution in [-0.4, -0.2) is 11.3 Å². The minimum absolute atomic E-state index is 0.0894. The van der Waals surface area contributed by atoms with Crippen LogP contribution in [0.15, 0.2) is 23.1 Å². The van der Waals surface area contributed by atoms with Gasteiger partial charge in [-0.05, 0) is 49.4 Å². The van der Waals surface area contributed by atoms with Gasteiger partial charge in [0.25, 0.3) is 0 Å². The van der Waals surface area contributed by atoms with Crippen LogP contribution in [0.4, 0.5) is 4.39 Å². The highest BCUT2D eigenvalue weighted by atomic mass is 32.2. The Morgan fingerprint density at radius 1 is 1.05 bits per heavy atom. The van der Waals surface area contributed by atoms with Gasteiger partial charge in [-0.3, -0.25) is 0 Å². The van der Waals surface area contributed by atoms with Gasteiger partial charge in [-0.1, -0.05) is 19.3 Å². The Balaban J connectivity index is 1.62. The van der Waals surface area contributed by atoms with Gasteiger partial charge in [0.1, 0.15) is 5.82 Å². The Kier molecular flexibility index (Phi) is 4.44. The molecule has 2 aliphatic carbocycles. The number of hydrogen-bond acceptors (Lipinski definition) is 2. The molecule has 0 radical (unpaired) electrons. The van der Waals surface area contributed by atoms with Crippen molar-refractivity contribution >= 4 is 11.8 Å². The molecule has 104 valence electrons. The lowest BCUT2D eigenvalue weighted by Crippen LogP contribution is -2.15. The second-order valence-electron chi connectivity index (χ2n) is 5.83. The molecule has 1 N–H and O–H groups in total. The molecule has 0 spiro atoms. The maximum Gasteiger partial charge on any atom is 0.124 e. The quantitative estimate of drug-likeness (QED) is 0.851. The molecule has 0 heterocycles. The van der Waals surface area contributed by atoms with Gasteiger partial charge in [0.05, 0.1) is 0 Å². The molecule has 0 atom stereocenters. The number of halogens is 1. The molecule has 2 fully saturated rings. The van der Waals surface area contributed by atoms with E-state index in [0.717, 1.165) is 17.0 Å². The highest BCUT2D eigenvalue weighted by Crippen LogP contribution is 2.34. The maximum absolute atomic E-state index is 13.7. The number of nitrogens with one attached hydrogen (secondary N) is 1. The zero-order valence-corrected chi connectivity index (χ0v) is 12.1. The molecular formula is C16H22FNS. The zero-order valence-electron chi connectivity index (χ0n) is 11.3. The van der Waals surface area contributed by atoms with Gasteiger partial charge in [-0.25, -0.2) is 4.39 Å². The van der Waals surface area contributed by atoms with Crippen molar-refractivity contribution in [3.05, 3.63) is 29.6 Å². The van der Waals surface area contributed by atoms with E-state index in [9.17, 15) is 4.39 Å². The fourth-order valence-electron chi connectivity index (χ4n) is 2.72. The Labute approximate surface area is 119 Å². The summed E-state index contributed by atoms with van der Waals surface area (Å²) in [5.41, 5.74) is 1.09. The molecule has 2 aliphatic rings. The Morgan fingerprint density at radius 3 is 2.58 bits per heavy atom. The lowest BCUT2D eigenvalue weighted by Gasteiger charge is -2.21. The molecule has 1 aromatic carbocycles. The average molecular weight is 279 g/mol. The lowest BCUT2D eigenvalue weighted by molar-refractivity contribution is 0.516. The molecular weight excluding hydrogens is 257 g/mol. The summed E-state index contributed by atoms with van der Waals surface area (Å²) in [7, 11) is 0. The molecule has 3 rings (SSSR count). The standard InChI is InChI=1S/C16H22FNS/c17-13-8-12(11-18-14-6-7-14)9-16(10-13)19-15-4-2-1-3-5-15/h8-10,14-15,18H,1-7,11H2. The van der Waals surface area contributed by atoms with Gasteiger partial charge >= 0.3 is 0 Å². The van der Waals surface area contributed by atoms with Crippen molar-refractivity contribution in [1.29, 1.82) is 0 Å². The Bertz CT molecular complexity index is 425. The SMILES string of the molecule is Fc1cc(CNC2CC2)cc(SC2CCCCC2)c1. The van der Waals surface area contributed by atoms with E-state index in [1.54, 1.807) is 12.1 Å². The number of thioether (sulfide) groups is 1. The third kappa shape index (κ3) is 4.22. The van der Waals surface area contributed by atoms with Gasteiger partial charge in [0.15, 0.2) is 0 Å². The first-order valence-corrected chi connectivity index (χ1v) is 8.37. The van der Waals surface area contributed by atoms with Crippen molar-refractivity contribution in [3.63, 3.8) is 0 Å². The molecule has 1 nitrogen and oxygen atoms in total. The van der Waals surface area contributed by atoms with Crippen molar-refractivity contribution in [3.8, 4) is 0 Å². The van der Waals surface area contributed by atoms with Crippen LogP contribution in [0.3, 0.4) is 0 Å². The van der Waals surface area contributed by atoms with E-state index in [0.29, 0.717) is 11.3 Å². The van der Waals surface area contributed by atoms with E-state index in [1.165, 1.54) is 44.9 Å². The van der Waals surface area contributed by atoms with E-state index in [-0.39, 0.29) is 5.82 Å². The maximum atomic E-state index is 13.7. The first kappa shape index (κ1) is 13.4. The lowest BCUT2D eigenvalue weighted by atomic mass is 10.0. The Morgan fingerprint density at radius 2 is 1.84 bits per heavy atom. The zero-order chi connectivity index (χ0) is 13.1. The fourth-order valence-corrected chi connectivity index (χ4v) is 4.07. The van der Waals surface area contributed by atoms with Crippen LogP contribution in [0, 0.1) is 5.82 Å². The van der Waals surface area contributed by atoms with Gasteiger partial charge < -0.3 is 5.32 Å². The van der Waals surface area contributed by atoms with Gasteiger partial charge in [-0.2, -0.15) is 0 Å². The minimum Gasteiger partial charge on any atom is -0.310 e. The van der Waals surface area contributed by atoms with Crippen LogP contribution in [0.1, 0.15) is 50.5 Å². The monoisotopic (exact) mass is 279 g/mol. The van der Waals surface area contributed by atoms with Crippen LogP contribution < -0.4 is 5.32 Å². The Hall–Kier alpha value is -0.540. The molecule has 0 saturated heterocycles. The van der Waals surface area contributed by atoms with Crippen molar-refractivity contribution in [2.45, 2.75) is 67.7 Å². The largest absolute Gasteiger partial charge is 0.310 e. The van der Waals surface area contributed by atoms with Crippen LogP contribution in [0.2, 0.25) is 0 Å². The first-order valence-electron chi connectivity index (χ1n) is 7.49. The molecule has 19 heavy (non-hydrogen) atoms. The molecule has 0 amide bonds. The van der Waals surface area contributed by atoms with Crippen LogP contribution in [0.5, 0.6) is 0 Å². The summed E-state index contributed by atoms with van der Waals surface area (Å²) < 4.78 is 13.7. The molecule has 0 bridgehead atoms. The van der Waals surface area contributed by atoms with Crippen molar-refractivity contribution in [2.24, 2.45) is 0 Å². The third-order valence-corrected chi connectivity index (χ3v) is 5.27. The molecule has 2 saturated carbocycles. The predicted octanol–water partition coefficient (Wildman–Crippen LogP) is 4.50. The predicted molar refractivity (Wildman–Crippen MR) is 79.0 cm³/mol. The minimum atomic E-state index is -0.0894.